The van der Waals surface area contributed by atoms with Crippen molar-refractivity contribution < 1.29 is 25.8 Å². The quantitative estimate of drug-likeness (QED) is 0.559. The van der Waals surface area contributed by atoms with Crippen molar-refractivity contribution in [3.63, 3.8) is 0 Å². The van der Waals surface area contributed by atoms with E-state index in [0.717, 1.165) is 39.1 Å². The summed E-state index contributed by atoms with van der Waals surface area (Å²) in [6.45, 7) is 8.57. The van der Waals surface area contributed by atoms with Crippen LogP contribution >= 0.6 is 18.0 Å². The van der Waals surface area contributed by atoms with Crippen LogP contribution in [0.2, 0.25) is 0 Å². The van der Waals surface area contributed by atoms with E-state index in [2.05, 4.69) is 38.8 Å². The van der Waals surface area contributed by atoms with Gasteiger partial charge in [0, 0.05) is 0 Å². The molecule has 0 heterocycles. The van der Waals surface area contributed by atoms with Gasteiger partial charge < -0.3 is 0 Å². The van der Waals surface area contributed by atoms with E-state index in [9.17, 15) is 0 Å². The molecule has 0 aliphatic carbocycles. The molecule has 0 aliphatic heterocycles. The Morgan fingerprint density at radius 2 is 1.07 bits per heavy atom. The second-order valence-electron chi connectivity index (χ2n) is 3.03. The Balaban J connectivity index is 3.89. The van der Waals surface area contributed by atoms with Gasteiger partial charge in [0.15, 0.2) is 0 Å². The normalized spacial score (nSPS) is 12.0. The first-order valence-electron chi connectivity index (χ1n) is 5.29. The summed E-state index contributed by atoms with van der Waals surface area (Å²) in [7, 11) is 0. The van der Waals surface area contributed by atoms with Crippen LogP contribution in [-0.2, 0) is 25.8 Å². The molecular weight excluding hydrogens is 374 g/mol. The minimum atomic E-state index is -3.09. The Morgan fingerprint density at radius 3 is 1.29 bits per heavy atom. The van der Waals surface area contributed by atoms with Crippen LogP contribution in [0.15, 0.2) is 0 Å². The summed E-state index contributed by atoms with van der Waals surface area (Å²) in [6, 6.07) is 0. The summed E-state index contributed by atoms with van der Waals surface area (Å²) < 4.78 is 17.2. The molecule has 14 heavy (non-hydrogen) atoms. The third-order valence-corrected chi connectivity index (χ3v) is 11.0. The minimum absolute atomic E-state index is 0.756. The van der Waals surface area contributed by atoms with Gasteiger partial charge in [-0.25, -0.2) is 0 Å². The monoisotopic (exact) mass is 394 g/mol. The zero-order chi connectivity index (χ0) is 10.9. The SMILES string of the molecule is CCC[O][Zr]([I])([O]CCC)[O]CCC. The van der Waals surface area contributed by atoms with Crippen molar-refractivity contribution in [3.8, 4) is 0 Å². The first-order chi connectivity index (χ1) is 6.68. The fourth-order valence-corrected chi connectivity index (χ4v) is 8.62. The standard InChI is InChI=1S/3C3H7O.HI.Zr/c3*1-2-3-4;;/h3*2-3H2,1H3;1H;/q3*-1;;+4/p-1. The summed E-state index contributed by atoms with van der Waals surface area (Å²) in [5.41, 5.74) is 0. The third-order valence-electron chi connectivity index (χ3n) is 1.44. The third kappa shape index (κ3) is 7.74. The predicted octanol–water partition coefficient (Wildman–Crippen LogP) is 3.52. The number of halogens is 1. The molecule has 0 saturated heterocycles. The van der Waals surface area contributed by atoms with Gasteiger partial charge in [-0.05, 0) is 0 Å². The molecule has 86 valence electrons. The van der Waals surface area contributed by atoms with Crippen molar-refractivity contribution in [2.24, 2.45) is 0 Å². The zero-order valence-corrected chi connectivity index (χ0v) is 14.0. The van der Waals surface area contributed by atoms with Crippen molar-refractivity contribution in [2.45, 2.75) is 40.0 Å². The second-order valence-corrected chi connectivity index (χ2v) is 15.3. The van der Waals surface area contributed by atoms with Crippen LogP contribution in [0.3, 0.4) is 0 Å². The van der Waals surface area contributed by atoms with Crippen molar-refractivity contribution in [3.05, 3.63) is 0 Å². The molecule has 0 aromatic heterocycles. The Kier molecular flexibility index (Phi) is 10.7. The molecular formula is C9H21IO3Zr. The average molecular weight is 395 g/mol. The van der Waals surface area contributed by atoms with Gasteiger partial charge in [0.2, 0.25) is 0 Å². The van der Waals surface area contributed by atoms with Gasteiger partial charge in [0.25, 0.3) is 0 Å². The van der Waals surface area contributed by atoms with Gasteiger partial charge in [-0.2, -0.15) is 0 Å². The van der Waals surface area contributed by atoms with E-state index >= 15 is 0 Å². The van der Waals surface area contributed by atoms with E-state index < -0.39 is 17.4 Å². The van der Waals surface area contributed by atoms with E-state index in [1.807, 2.05) is 0 Å². The van der Waals surface area contributed by atoms with Crippen LogP contribution in [0.1, 0.15) is 40.0 Å². The zero-order valence-electron chi connectivity index (χ0n) is 9.35. The second kappa shape index (κ2) is 9.70. The molecule has 0 atom stereocenters. The number of hydrogen-bond donors (Lipinski definition) is 0. The van der Waals surface area contributed by atoms with E-state index in [0.29, 0.717) is 0 Å². The van der Waals surface area contributed by atoms with Gasteiger partial charge in [-0.15, -0.1) is 0 Å². The van der Waals surface area contributed by atoms with Crippen LogP contribution in [0.25, 0.3) is 0 Å². The summed E-state index contributed by atoms with van der Waals surface area (Å²) in [5, 5.41) is 0. The first kappa shape index (κ1) is 15.5. The van der Waals surface area contributed by atoms with Crippen LogP contribution < -0.4 is 0 Å². The van der Waals surface area contributed by atoms with Crippen LogP contribution in [0.5, 0.6) is 0 Å². The average Bonchev–Trinajstić information content (AvgIpc) is 2.21. The summed E-state index contributed by atoms with van der Waals surface area (Å²) in [4.78, 5) is 0. The van der Waals surface area contributed by atoms with Crippen molar-refractivity contribution >= 4 is 18.0 Å². The van der Waals surface area contributed by atoms with Crippen LogP contribution in [0, 0.1) is 0 Å². The molecule has 0 bridgehead atoms. The Bertz CT molecular complexity index is 113. The molecule has 0 aromatic rings. The molecule has 3 nitrogen and oxygen atoms in total. The maximum atomic E-state index is 5.74. The molecule has 0 aromatic carbocycles. The summed E-state index contributed by atoms with van der Waals surface area (Å²) in [5.74, 6) is 0. The molecule has 0 rings (SSSR count). The van der Waals surface area contributed by atoms with Gasteiger partial charge in [0.05, 0.1) is 0 Å². The molecule has 0 spiro atoms. The first-order valence-corrected chi connectivity index (χ1v) is 15.6. The number of hydrogen-bond acceptors (Lipinski definition) is 3. The molecule has 0 aliphatic rings. The summed E-state index contributed by atoms with van der Waals surface area (Å²) in [6.07, 6.45) is 3.06. The molecule has 0 fully saturated rings. The fourth-order valence-electron chi connectivity index (χ4n) is 0.797. The van der Waals surface area contributed by atoms with E-state index in [4.69, 9.17) is 8.44 Å². The van der Waals surface area contributed by atoms with E-state index in [1.54, 1.807) is 0 Å². The molecule has 0 unspecified atom stereocenters. The van der Waals surface area contributed by atoms with Gasteiger partial charge in [-0.3, -0.25) is 0 Å². The molecule has 0 N–H and O–H groups in total. The van der Waals surface area contributed by atoms with E-state index in [-0.39, 0.29) is 0 Å². The Labute approximate surface area is 103 Å². The Hall–Kier alpha value is 1.49. The topological polar surface area (TPSA) is 27.7 Å². The van der Waals surface area contributed by atoms with E-state index in [1.165, 1.54) is 0 Å². The van der Waals surface area contributed by atoms with Crippen molar-refractivity contribution in [2.75, 3.05) is 19.8 Å². The molecule has 0 amide bonds. The van der Waals surface area contributed by atoms with Crippen molar-refractivity contribution in [1.82, 2.24) is 0 Å². The van der Waals surface area contributed by atoms with Crippen molar-refractivity contribution in [1.29, 1.82) is 0 Å². The molecule has 0 saturated carbocycles. The molecule has 5 heteroatoms. The summed E-state index contributed by atoms with van der Waals surface area (Å²) >= 11 is -0.805. The van der Waals surface area contributed by atoms with Gasteiger partial charge in [0.1, 0.15) is 0 Å². The number of rotatable bonds is 9. The van der Waals surface area contributed by atoms with Gasteiger partial charge >= 0.3 is 104 Å². The van der Waals surface area contributed by atoms with Crippen LogP contribution in [-0.4, -0.2) is 19.8 Å². The fraction of sp³-hybridized carbons (Fsp3) is 1.00. The Morgan fingerprint density at radius 1 is 0.786 bits per heavy atom. The molecule has 0 radical (unpaired) electrons. The van der Waals surface area contributed by atoms with Crippen LogP contribution in [0.4, 0.5) is 0 Å². The van der Waals surface area contributed by atoms with Gasteiger partial charge in [-0.1, -0.05) is 0 Å². The maximum absolute atomic E-state index is 5.74. The predicted molar refractivity (Wildman–Crippen MR) is 62.7 cm³/mol.